The van der Waals surface area contributed by atoms with Crippen LogP contribution in [0.4, 0.5) is 0 Å². The van der Waals surface area contributed by atoms with Crippen LogP contribution >= 0.6 is 0 Å². The number of methoxy groups -OCH3 is 1. The van der Waals surface area contributed by atoms with Gasteiger partial charge in [-0.3, -0.25) is 0 Å². The van der Waals surface area contributed by atoms with Gasteiger partial charge in [0.25, 0.3) is 0 Å². The first-order valence-corrected chi connectivity index (χ1v) is 3.87. The topological polar surface area (TPSA) is 29.5 Å². The number of ether oxygens (including phenoxy) is 1. The molecule has 0 bridgehead atoms. The lowest BCUT2D eigenvalue weighted by atomic mass is 10.2. The van der Waals surface area contributed by atoms with Gasteiger partial charge in [0.2, 0.25) is 0 Å². The summed E-state index contributed by atoms with van der Waals surface area (Å²) in [5.41, 5.74) is 0.493. The van der Waals surface area contributed by atoms with E-state index in [4.69, 9.17) is 0 Å². The molecule has 0 amide bonds. The van der Waals surface area contributed by atoms with E-state index in [1.165, 1.54) is 7.11 Å². The van der Waals surface area contributed by atoms with Crippen molar-refractivity contribution in [2.45, 2.75) is 0 Å². The molecule has 0 aromatic carbocycles. The van der Waals surface area contributed by atoms with Crippen LogP contribution in [0.5, 0.6) is 0 Å². The largest absolute Gasteiger partial charge is 0.465 e. The maximum absolute atomic E-state index is 11.2. The van der Waals surface area contributed by atoms with Gasteiger partial charge in [-0.2, -0.15) is 0 Å². The van der Waals surface area contributed by atoms with E-state index in [-0.39, 0.29) is 5.97 Å². The summed E-state index contributed by atoms with van der Waals surface area (Å²) in [5.74, 6) is -0.355. The van der Waals surface area contributed by atoms with Crippen molar-refractivity contribution in [2.24, 2.45) is 0 Å². The maximum atomic E-state index is 11.2. The van der Waals surface area contributed by atoms with Crippen LogP contribution in [0.2, 0.25) is 0 Å². The minimum absolute atomic E-state index is 0.355. The highest BCUT2D eigenvalue weighted by Gasteiger charge is 2.04. The lowest BCUT2D eigenvalue weighted by molar-refractivity contribution is -0.135. The van der Waals surface area contributed by atoms with Crippen LogP contribution in [-0.4, -0.2) is 32.1 Å². The highest BCUT2D eigenvalue weighted by Crippen LogP contribution is 2.00. The third-order valence-electron chi connectivity index (χ3n) is 1.23. The molecular formula is C10H15NO2. The summed E-state index contributed by atoms with van der Waals surface area (Å²) < 4.78 is 4.59. The van der Waals surface area contributed by atoms with Gasteiger partial charge in [-0.15, -0.1) is 0 Å². The van der Waals surface area contributed by atoms with E-state index in [0.717, 1.165) is 0 Å². The van der Waals surface area contributed by atoms with Crippen molar-refractivity contribution in [1.29, 1.82) is 0 Å². The Bertz CT molecular complexity index is 239. The molecule has 3 heteroatoms. The van der Waals surface area contributed by atoms with Crippen molar-refractivity contribution in [1.82, 2.24) is 4.90 Å². The molecule has 0 unspecified atom stereocenters. The molecule has 0 atom stereocenters. The summed E-state index contributed by atoms with van der Waals surface area (Å²) in [6.45, 7) is 3.52. The number of rotatable bonds is 4. The van der Waals surface area contributed by atoms with Gasteiger partial charge in [0.05, 0.1) is 12.7 Å². The first-order valence-electron chi connectivity index (χ1n) is 3.87. The Morgan fingerprint density at radius 3 is 2.46 bits per heavy atom. The van der Waals surface area contributed by atoms with Gasteiger partial charge in [0, 0.05) is 20.3 Å². The van der Waals surface area contributed by atoms with Gasteiger partial charge in [0.1, 0.15) is 0 Å². The number of carbonyl (C=O) groups is 1. The van der Waals surface area contributed by atoms with E-state index < -0.39 is 0 Å². The van der Waals surface area contributed by atoms with Gasteiger partial charge in [0.15, 0.2) is 0 Å². The zero-order valence-electron chi connectivity index (χ0n) is 8.28. The molecule has 0 aromatic rings. The normalized spacial score (nSPS) is 11.5. The molecule has 0 N–H and O–H groups in total. The van der Waals surface area contributed by atoms with Gasteiger partial charge in [-0.1, -0.05) is 18.7 Å². The van der Waals surface area contributed by atoms with Crippen molar-refractivity contribution in [3.63, 3.8) is 0 Å². The number of carbonyl (C=O) groups excluding carboxylic acids is 1. The molecule has 0 spiro atoms. The lowest BCUT2D eigenvalue weighted by Crippen LogP contribution is -2.09. The van der Waals surface area contributed by atoms with Crippen LogP contribution < -0.4 is 0 Å². The van der Waals surface area contributed by atoms with Crippen LogP contribution in [0.3, 0.4) is 0 Å². The fraction of sp³-hybridized carbons (Fsp3) is 0.300. The van der Waals surface area contributed by atoms with E-state index in [2.05, 4.69) is 11.3 Å². The Kier molecular flexibility index (Phi) is 5.35. The second-order valence-corrected chi connectivity index (χ2v) is 2.63. The minimum Gasteiger partial charge on any atom is -0.465 e. The first kappa shape index (κ1) is 11.5. The maximum Gasteiger partial charge on any atom is 0.339 e. The smallest absolute Gasteiger partial charge is 0.339 e. The molecule has 0 saturated heterocycles. The second-order valence-electron chi connectivity index (χ2n) is 2.63. The third kappa shape index (κ3) is 4.85. The molecule has 0 aromatic heterocycles. The second kappa shape index (κ2) is 6.06. The molecule has 0 heterocycles. The molecule has 0 aliphatic heterocycles. The highest BCUT2D eigenvalue weighted by molar-refractivity contribution is 5.91. The van der Waals surface area contributed by atoms with Crippen molar-refractivity contribution in [3.05, 3.63) is 36.6 Å². The Labute approximate surface area is 79.0 Å². The van der Waals surface area contributed by atoms with Crippen molar-refractivity contribution >= 4 is 5.97 Å². The number of allylic oxidation sites excluding steroid dienone is 2. The Hall–Kier alpha value is -1.51. The summed E-state index contributed by atoms with van der Waals surface area (Å²) in [4.78, 5) is 12.9. The number of nitrogens with zero attached hydrogens (tertiary/aromatic N) is 1. The van der Waals surface area contributed by atoms with Crippen LogP contribution in [0.1, 0.15) is 0 Å². The molecule has 0 radical (unpaired) electrons. The summed E-state index contributed by atoms with van der Waals surface area (Å²) in [6, 6.07) is 0. The van der Waals surface area contributed by atoms with Gasteiger partial charge in [-0.05, 0) is 6.08 Å². The number of hydrogen-bond donors (Lipinski definition) is 0. The Morgan fingerprint density at radius 2 is 2.08 bits per heavy atom. The lowest BCUT2D eigenvalue weighted by Gasteiger charge is -2.06. The van der Waals surface area contributed by atoms with E-state index in [0.29, 0.717) is 5.57 Å². The molecule has 72 valence electrons. The number of hydrogen-bond acceptors (Lipinski definition) is 3. The SMILES string of the molecule is C=C/C=C/C(=C\N(C)C)C(=O)OC. The van der Waals surface area contributed by atoms with Crippen LogP contribution in [0.15, 0.2) is 36.6 Å². The quantitative estimate of drug-likeness (QED) is 0.372. The summed E-state index contributed by atoms with van der Waals surface area (Å²) in [7, 11) is 5.03. The molecule has 0 aliphatic carbocycles. The van der Waals surface area contributed by atoms with E-state index in [1.807, 2.05) is 14.1 Å². The third-order valence-corrected chi connectivity index (χ3v) is 1.23. The predicted molar refractivity (Wildman–Crippen MR) is 53.1 cm³/mol. The average Bonchev–Trinajstić information content (AvgIpc) is 2.10. The van der Waals surface area contributed by atoms with Gasteiger partial charge < -0.3 is 9.64 Å². The Balaban J connectivity index is 4.64. The molecular weight excluding hydrogens is 166 g/mol. The van der Waals surface area contributed by atoms with Crippen LogP contribution in [0, 0.1) is 0 Å². The van der Waals surface area contributed by atoms with Crippen LogP contribution in [0.25, 0.3) is 0 Å². The summed E-state index contributed by atoms with van der Waals surface area (Å²) in [5, 5.41) is 0. The van der Waals surface area contributed by atoms with Gasteiger partial charge in [-0.25, -0.2) is 4.79 Å². The van der Waals surface area contributed by atoms with Crippen molar-refractivity contribution in [2.75, 3.05) is 21.2 Å². The van der Waals surface area contributed by atoms with E-state index in [9.17, 15) is 4.79 Å². The standard InChI is InChI=1S/C10H15NO2/c1-5-6-7-9(8-11(2)3)10(12)13-4/h5-8H,1H2,2-4H3/b7-6+,9-8+. The molecule has 0 saturated carbocycles. The Morgan fingerprint density at radius 1 is 1.46 bits per heavy atom. The molecule has 0 rings (SSSR count). The molecule has 13 heavy (non-hydrogen) atoms. The fourth-order valence-electron chi connectivity index (χ4n) is 0.732. The summed E-state index contributed by atoms with van der Waals surface area (Å²) in [6.07, 6.45) is 6.63. The van der Waals surface area contributed by atoms with Crippen molar-refractivity contribution < 1.29 is 9.53 Å². The van der Waals surface area contributed by atoms with E-state index >= 15 is 0 Å². The molecule has 0 aliphatic rings. The average molecular weight is 181 g/mol. The van der Waals surface area contributed by atoms with Crippen molar-refractivity contribution in [3.8, 4) is 0 Å². The highest BCUT2D eigenvalue weighted by atomic mass is 16.5. The fourth-order valence-corrected chi connectivity index (χ4v) is 0.732. The molecule has 3 nitrogen and oxygen atoms in total. The summed E-state index contributed by atoms with van der Waals surface area (Å²) >= 11 is 0. The monoisotopic (exact) mass is 181 g/mol. The first-order chi connectivity index (χ1) is 6.11. The predicted octanol–water partition coefficient (Wildman–Crippen LogP) is 1.35. The minimum atomic E-state index is -0.355. The molecule has 0 fully saturated rings. The van der Waals surface area contributed by atoms with Gasteiger partial charge >= 0.3 is 5.97 Å². The zero-order chi connectivity index (χ0) is 10.3. The number of esters is 1. The van der Waals surface area contributed by atoms with Crippen LogP contribution in [-0.2, 0) is 9.53 Å². The van der Waals surface area contributed by atoms with E-state index in [1.54, 1.807) is 29.3 Å². The zero-order valence-corrected chi connectivity index (χ0v) is 8.28.